The fourth-order valence-electron chi connectivity index (χ4n) is 5.36. The Kier molecular flexibility index (Phi) is 19.2. The Bertz CT molecular complexity index is 1220. The Morgan fingerprint density at radius 3 is 2.35 bits per heavy atom. The van der Waals surface area contributed by atoms with Gasteiger partial charge in [0.25, 0.3) is 0 Å². The monoisotopic (exact) mass is 764 g/mol. The fourth-order valence-corrected chi connectivity index (χ4v) is 8.39. The average molecular weight is 765 g/mol. The van der Waals surface area contributed by atoms with Crippen LogP contribution >= 0.6 is 21.6 Å². The lowest BCUT2D eigenvalue weighted by molar-refractivity contribution is -0.326. The number of carbonyl (C=O) groups excluding carboxylic acids is 3. The summed E-state index contributed by atoms with van der Waals surface area (Å²) in [5, 5.41) is 92.4. The number of aliphatic hydroxyl groups is 8. The summed E-state index contributed by atoms with van der Waals surface area (Å²) in [6.45, 7) is -1.84. The maximum Gasteiger partial charge on any atom is 0.239 e. The summed E-state index contributed by atoms with van der Waals surface area (Å²) >= 11 is 0. The van der Waals surface area contributed by atoms with E-state index in [-0.39, 0.29) is 43.8 Å². The van der Waals surface area contributed by atoms with Crippen LogP contribution in [-0.2, 0) is 23.9 Å². The number of anilines is 2. The zero-order valence-electron chi connectivity index (χ0n) is 28.2. The molecule has 0 aliphatic carbocycles. The number of amides is 3. The zero-order chi connectivity index (χ0) is 37.3. The number of carbonyl (C=O) groups is 3. The van der Waals surface area contributed by atoms with E-state index in [9.17, 15) is 55.2 Å². The molecule has 2 heterocycles. The second-order valence-corrected chi connectivity index (χ2v) is 15.2. The number of ether oxygens (including phenoxy) is 2. The van der Waals surface area contributed by atoms with E-state index in [1.165, 1.54) is 12.2 Å². The molecule has 12 N–H and O–H groups in total. The summed E-state index contributed by atoms with van der Waals surface area (Å²) in [6.07, 6.45) is -10.4. The molecule has 10 unspecified atom stereocenters. The van der Waals surface area contributed by atoms with Crippen LogP contribution in [0, 0.1) is 0 Å². The van der Waals surface area contributed by atoms with Gasteiger partial charge in [-0.3, -0.25) is 14.4 Å². The lowest BCUT2D eigenvalue weighted by Crippen LogP contribution is -2.61. The zero-order valence-corrected chi connectivity index (χ0v) is 29.8. The van der Waals surface area contributed by atoms with E-state index in [0.29, 0.717) is 29.5 Å². The van der Waals surface area contributed by atoms with Gasteiger partial charge in [-0.2, -0.15) is 0 Å². The highest BCUT2D eigenvalue weighted by molar-refractivity contribution is 8.77. The summed E-state index contributed by atoms with van der Waals surface area (Å²) in [6, 6.07) is 6.46. The summed E-state index contributed by atoms with van der Waals surface area (Å²) in [4.78, 5) is 36.5. The van der Waals surface area contributed by atoms with Crippen LogP contribution in [0.1, 0.15) is 44.9 Å². The SMILES string of the molecule is O=C(CCCCC1CCSS1)NCC(=O)NCCCC(=O)Nc1cccc(NCC(O)C(O)C(OC2OC(CO)C(O)C(O)C2O)C(O)CO)c1. The number of aliphatic hydroxyl groups excluding tert-OH is 8. The average Bonchev–Trinajstić information content (AvgIpc) is 3.65. The van der Waals surface area contributed by atoms with Crippen LogP contribution in [0.3, 0.4) is 0 Å². The number of hydrogen-bond donors (Lipinski definition) is 12. The minimum Gasteiger partial charge on any atom is -0.394 e. The van der Waals surface area contributed by atoms with Crippen molar-refractivity contribution in [1.82, 2.24) is 10.6 Å². The van der Waals surface area contributed by atoms with Gasteiger partial charge in [0.15, 0.2) is 6.29 Å². The van der Waals surface area contributed by atoms with E-state index < -0.39 is 68.3 Å². The van der Waals surface area contributed by atoms with Gasteiger partial charge in [-0.15, -0.1) is 0 Å². The van der Waals surface area contributed by atoms with Gasteiger partial charge in [0.05, 0.1) is 25.9 Å². The summed E-state index contributed by atoms with van der Waals surface area (Å²) in [5.74, 6) is 0.371. The predicted molar refractivity (Wildman–Crippen MR) is 189 cm³/mol. The van der Waals surface area contributed by atoms with Crippen LogP contribution < -0.4 is 21.3 Å². The summed E-state index contributed by atoms with van der Waals surface area (Å²) in [5.41, 5.74) is 0.863. The molecule has 3 rings (SSSR count). The first-order valence-corrected chi connectivity index (χ1v) is 19.4. The molecule has 10 atom stereocenters. The Hall–Kier alpha value is -2.27. The molecule has 51 heavy (non-hydrogen) atoms. The number of nitrogens with one attached hydrogen (secondary N) is 4. The molecule has 2 saturated heterocycles. The molecule has 0 spiro atoms. The summed E-state index contributed by atoms with van der Waals surface area (Å²) in [7, 11) is 3.82. The van der Waals surface area contributed by atoms with Gasteiger partial charge in [-0.05, 0) is 43.9 Å². The van der Waals surface area contributed by atoms with Crippen molar-refractivity contribution in [3.05, 3.63) is 24.3 Å². The highest BCUT2D eigenvalue weighted by Crippen LogP contribution is 2.39. The van der Waals surface area contributed by atoms with Crippen molar-refractivity contribution in [1.29, 1.82) is 0 Å². The number of rotatable bonds is 22. The second kappa shape index (κ2) is 22.7. The van der Waals surface area contributed by atoms with Crippen LogP contribution in [-0.4, -0.2) is 158 Å². The van der Waals surface area contributed by atoms with Gasteiger partial charge in [0.2, 0.25) is 17.7 Å². The second-order valence-electron chi connectivity index (χ2n) is 12.4. The van der Waals surface area contributed by atoms with E-state index >= 15 is 0 Å². The Morgan fingerprint density at radius 1 is 0.902 bits per heavy atom. The molecule has 290 valence electrons. The minimum atomic E-state index is -1.86. The van der Waals surface area contributed by atoms with Crippen molar-refractivity contribution in [2.45, 2.75) is 105 Å². The maximum absolute atomic E-state index is 12.5. The molecule has 2 aliphatic rings. The first-order valence-electron chi connectivity index (χ1n) is 17.0. The standard InChI is InChI=1S/C32H52N4O13S2/c37-16-22(40)31(49-32-30(47)29(46)28(45)23(17-38)48-32)27(44)21(39)14-34-18-5-3-6-19(13-18)36-25(42)9-4-11-33-26(43)15-35-24(41)8-2-1-7-20-10-12-50-51-20/h3,5-6,13,20-23,27-32,34,37-40,44-47H,1-2,4,7-12,14-17H2,(H,33,43)(H,35,41)(H,36,42). The molecular formula is C32H52N4O13S2. The van der Waals surface area contributed by atoms with Crippen LogP contribution in [0.4, 0.5) is 11.4 Å². The van der Waals surface area contributed by atoms with Gasteiger partial charge in [0, 0.05) is 48.3 Å². The van der Waals surface area contributed by atoms with Crippen molar-refractivity contribution in [2.24, 2.45) is 0 Å². The predicted octanol–water partition coefficient (Wildman–Crippen LogP) is -1.98. The lowest BCUT2D eigenvalue weighted by Gasteiger charge is -2.42. The number of benzene rings is 1. The third-order valence-electron chi connectivity index (χ3n) is 8.35. The molecule has 17 nitrogen and oxygen atoms in total. The van der Waals surface area contributed by atoms with Crippen LogP contribution in [0.15, 0.2) is 24.3 Å². The van der Waals surface area contributed by atoms with Crippen molar-refractivity contribution >= 4 is 50.7 Å². The molecule has 19 heteroatoms. The molecule has 1 aromatic carbocycles. The van der Waals surface area contributed by atoms with Crippen LogP contribution in [0.25, 0.3) is 0 Å². The first kappa shape index (κ1) is 43.1. The Balaban J connectivity index is 1.35. The molecule has 0 radical (unpaired) electrons. The molecule has 0 bridgehead atoms. The lowest BCUT2D eigenvalue weighted by atomic mass is 9.98. The van der Waals surface area contributed by atoms with Crippen LogP contribution in [0.5, 0.6) is 0 Å². The third kappa shape index (κ3) is 14.6. The normalized spacial score (nSPS) is 25.7. The van der Waals surface area contributed by atoms with E-state index in [0.717, 1.165) is 19.3 Å². The molecule has 2 fully saturated rings. The van der Waals surface area contributed by atoms with Crippen LogP contribution in [0.2, 0.25) is 0 Å². The van der Waals surface area contributed by atoms with E-state index in [4.69, 9.17) is 9.47 Å². The van der Waals surface area contributed by atoms with Gasteiger partial charge in [-0.25, -0.2) is 0 Å². The number of hydrogen-bond acceptors (Lipinski definition) is 16. The summed E-state index contributed by atoms with van der Waals surface area (Å²) < 4.78 is 10.7. The van der Waals surface area contributed by atoms with E-state index in [1.54, 1.807) is 24.3 Å². The minimum absolute atomic E-state index is 0.107. The smallest absolute Gasteiger partial charge is 0.239 e. The molecule has 0 aromatic heterocycles. The van der Waals surface area contributed by atoms with Crippen molar-refractivity contribution in [2.75, 3.05) is 49.2 Å². The molecule has 1 aromatic rings. The van der Waals surface area contributed by atoms with Crippen molar-refractivity contribution in [3.63, 3.8) is 0 Å². The fraction of sp³-hybridized carbons (Fsp3) is 0.719. The first-order chi connectivity index (χ1) is 24.4. The van der Waals surface area contributed by atoms with Crippen molar-refractivity contribution in [3.8, 4) is 0 Å². The Labute approximate surface area is 304 Å². The molecule has 3 amide bonds. The largest absolute Gasteiger partial charge is 0.394 e. The van der Waals surface area contributed by atoms with Gasteiger partial charge in [0.1, 0.15) is 42.7 Å². The third-order valence-corrected chi connectivity index (χ3v) is 11.4. The van der Waals surface area contributed by atoms with Gasteiger partial charge in [-0.1, -0.05) is 34.1 Å². The Morgan fingerprint density at radius 2 is 1.65 bits per heavy atom. The maximum atomic E-state index is 12.5. The van der Waals surface area contributed by atoms with Gasteiger partial charge >= 0.3 is 0 Å². The van der Waals surface area contributed by atoms with E-state index in [1.807, 2.05) is 21.6 Å². The quantitative estimate of drug-likeness (QED) is 0.0451. The number of unbranched alkanes of at least 4 members (excludes halogenated alkanes) is 1. The molecular weight excluding hydrogens is 713 g/mol. The van der Waals surface area contributed by atoms with Crippen molar-refractivity contribution < 1.29 is 64.7 Å². The highest BCUT2D eigenvalue weighted by Gasteiger charge is 2.46. The highest BCUT2D eigenvalue weighted by atomic mass is 33.1. The van der Waals surface area contributed by atoms with Gasteiger partial charge < -0.3 is 71.6 Å². The van der Waals surface area contributed by atoms with E-state index in [2.05, 4.69) is 21.3 Å². The molecule has 0 saturated carbocycles. The topological polar surface area (TPSA) is 280 Å². The molecule has 2 aliphatic heterocycles.